The van der Waals surface area contributed by atoms with E-state index in [1.54, 1.807) is 18.2 Å². The zero-order valence-corrected chi connectivity index (χ0v) is 23.7. The molecular formula is C31H34NO5Si. The minimum Gasteiger partial charge on any atom is -0.478 e. The number of hydrogen-bond donors (Lipinski definition) is 1. The van der Waals surface area contributed by atoms with Gasteiger partial charge in [0.1, 0.15) is 5.60 Å². The number of fused-ring (bicyclic) bond motifs is 1. The van der Waals surface area contributed by atoms with Crippen LogP contribution in [0.2, 0.25) is 0 Å². The molecule has 0 fully saturated rings. The van der Waals surface area contributed by atoms with Crippen molar-refractivity contribution in [1.82, 2.24) is 4.57 Å². The molecule has 0 aliphatic rings. The molecule has 0 saturated carbocycles. The highest BCUT2D eigenvalue weighted by atomic mass is 28.3. The van der Waals surface area contributed by atoms with Crippen LogP contribution in [0.4, 0.5) is 4.79 Å². The second-order valence-electron chi connectivity index (χ2n) is 11.2. The molecule has 0 spiro atoms. The second kappa shape index (κ2) is 10.6. The number of carboxylic acid groups (broad SMARTS) is 1. The Balaban J connectivity index is 1.93. The van der Waals surface area contributed by atoms with E-state index in [1.165, 1.54) is 4.57 Å². The van der Waals surface area contributed by atoms with Gasteiger partial charge in [-0.15, -0.1) is 0 Å². The monoisotopic (exact) mass is 528 g/mol. The molecule has 1 radical (unpaired) electrons. The van der Waals surface area contributed by atoms with Crippen LogP contribution in [-0.4, -0.2) is 36.4 Å². The molecule has 0 unspecified atom stereocenters. The largest absolute Gasteiger partial charge is 0.478 e. The van der Waals surface area contributed by atoms with Crippen LogP contribution < -0.4 is 10.4 Å². The number of benzene rings is 3. The normalized spacial score (nSPS) is 12.2. The minimum absolute atomic E-state index is 0.127. The maximum Gasteiger partial charge on any atom is 0.419 e. The molecule has 38 heavy (non-hydrogen) atoms. The van der Waals surface area contributed by atoms with Gasteiger partial charge < -0.3 is 14.3 Å². The first kappa shape index (κ1) is 27.4. The van der Waals surface area contributed by atoms with Crippen molar-refractivity contribution in [3.05, 3.63) is 95.7 Å². The molecular weight excluding hydrogens is 494 g/mol. The molecule has 1 heterocycles. The Morgan fingerprint density at radius 1 is 0.816 bits per heavy atom. The van der Waals surface area contributed by atoms with Gasteiger partial charge in [0.25, 0.3) is 9.04 Å². The lowest BCUT2D eigenvalue weighted by molar-refractivity contribution is 0.0534. The fourth-order valence-electron chi connectivity index (χ4n) is 4.68. The first-order chi connectivity index (χ1) is 17.9. The summed E-state index contributed by atoms with van der Waals surface area (Å²) in [6.07, 6.45) is -0.544. The molecule has 0 aliphatic heterocycles. The summed E-state index contributed by atoms with van der Waals surface area (Å²) in [6, 6.07) is 25.1. The number of carboxylic acids is 1. The van der Waals surface area contributed by atoms with E-state index < -0.39 is 32.1 Å². The van der Waals surface area contributed by atoms with Crippen LogP contribution in [-0.2, 0) is 21.2 Å². The SMILES string of the molecule is CC(C)(C)OC(=O)n1c(C(C)(C)C)c(CO[Si](c2ccccc2)c2ccccc2)c2c(C(=O)O)cccc21. The molecule has 4 aromatic rings. The van der Waals surface area contributed by atoms with E-state index in [2.05, 4.69) is 24.3 Å². The lowest BCUT2D eigenvalue weighted by Gasteiger charge is -2.26. The summed E-state index contributed by atoms with van der Waals surface area (Å²) in [6.45, 7) is 11.6. The first-order valence-electron chi connectivity index (χ1n) is 12.6. The highest BCUT2D eigenvalue weighted by Crippen LogP contribution is 2.37. The summed E-state index contributed by atoms with van der Waals surface area (Å²) in [5.41, 5.74) is 0.749. The standard InChI is InChI=1S/C31H34NO5Si/c1-30(2,3)27-24(20-36-38(21-14-9-7-10-15-21)22-16-11-8-12-17-22)26-23(28(33)34)18-13-19-25(26)32(27)29(35)37-31(4,5)6/h7-19H,20H2,1-6H3,(H,33,34). The molecule has 1 N–H and O–H groups in total. The van der Waals surface area contributed by atoms with Gasteiger partial charge in [0.05, 0.1) is 17.7 Å². The summed E-state index contributed by atoms with van der Waals surface area (Å²) in [4.78, 5) is 25.9. The molecule has 3 aromatic carbocycles. The first-order valence-corrected chi connectivity index (χ1v) is 14.0. The Labute approximate surface area is 225 Å². The quantitative estimate of drug-likeness (QED) is 0.323. The Kier molecular flexibility index (Phi) is 7.62. The van der Waals surface area contributed by atoms with Crippen LogP contribution in [0, 0.1) is 0 Å². The van der Waals surface area contributed by atoms with Crippen molar-refractivity contribution in [2.75, 3.05) is 0 Å². The van der Waals surface area contributed by atoms with Gasteiger partial charge in [0.15, 0.2) is 0 Å². The molecule has 0 amide bonds. The highest BCUT2D eigenvalue weighted by molar-refractivity contribution is 6.80. The van der Waals surface area contributed by atoms with Crippen molar-refractivity contribution >= 4 is 42.4 Å². The number of hydrogen-bond acceptors (Lipinski definition) is 4. The Morgan fingerprint density at radius 3 is 1.84 bits per heavy atom. The van der Waals surface area contributed by atoms with Crippen LogP contribution in [0.1, 0.15) is 63.2 Å². The molecule has 0 atom stereocenters. The summed E-state index contributed by atoms with van der Waals surface area (Å²) < 4.78 is 14.0. The van der Waals surface area contributed by atoms with Crippen LogP contribution in [0.15, 0.2) is 78.9 Å². The van der Waals surface area contributed by atoms with Gasteiger partial charge in [-0.1, -0.05) is 87.5 Å². The number of rotatable bonds is 6. The van der Waals surface area contributed by atoms with Crippen LogP contribution in [0.5, 0.6) is 0 Å². The Hall–Kier alpha value is -3.68. The van der Waals surface area contributed by atoms with E-state index in [1.807, 2.05) is 77.9 Å². The predicted octanol–water partition coefficient (Wildman–Crippen LogP) is 5.74. The van der Waals surface area contributed by atoms with Crippen molar-refractivity contribution in [3.63, 3.8) is 0 Å². The Morgan fingerprint density at radius 2 is 1.37 bits per heavy atom. The fraction of sp³-hybridized carbons (Fsp3) is 0.290. The van der Waals surface area contributed by atoms with Gasteiger partial charge in [-0.25, -0.2) is 14.2 Å². The molecule has 197 valence electrons. The molecule has 1 aromatic heterocycles. The highest BCUT2D eigenvalue weighted by Gasteiger charge is 2.34. The van der Waals surface area contributed by atoms with Gasteiger partial charge in [-0.3, -0.25) is 0 Å². The maximum absolute atomic E-state index is 13.6. The third-order valence-corrected chi connectivity index (χ3v) is 8.19. The van der Waals surface area contributed by atoms with Crippen molar-refractivity contribution < 1.29 is 23.9 Å². The third-order valence-electron chi connectivity index (χ3n) is 6.04. The predicted molar refractivity (Wildman–Crippen MR) is 152 cm³/mol. The van der Waals surface area contributed by atoms with Crippen LogP contribution in [0.25, 0.3) is 10.9 Å². The molecule has 0 saturated heterocycles. The topological polar surface area (TPSA) is 77.8 Å². The van der Waals surface area contributed by atoms with Crippen molar-refractivity contribution in [1.29, 1.82) is 0 Å². The zero-order chi connectivity index (χ0) is 27.7. The molecule has 6 nitrogen and oxygen atoms in total. The number of carbonyl (C=O) groups excluding carboxylic acids is 1. The third kappa shape index (κ3) is 5.74. The van der Waals surface area contributed by atoms with E-state index in [9.17, 15) is 14.7 Å². The lowest BCUT2D eigenvalue weighted by Crippen LogP contribution is -2.44. The number of aromatic nitrogens is 1. The summed E-state index contributed by atoms with van der Waals surface area (Å²) in [5, 5.41) is 12.8. The van der Waals surface area contributed by atoms with Gasteiger partial charge in [-0.2, -0.15) is 0 Å². The van der Waals surface area contributed by atoms with E-state index in [0.717, 1.165) is 10.4 Å². The number of nitrogens with zero attached hydrogens (tertiary/aromatic N) is 1. The van der Waals surface area contributed by atoms with Gasteiger partial charge >= 0.3 is 12.1 Å². The van der Waals surface area contributed by atoms with E-state index in [-0.39, 0.29) is 12.2 Å². The van der Waals surface area contributed by atoms with Crippen molar-refractivity contribution in [3.8, 4) is 0 Å². The van der Waals surface area contributed by atoms with Crippen LogP contribution in [0.3, 0.4) is 0 Å². The van der Waals surface area contributed by atoms with Gasteiger partial charge in [-0.05, 0) is 43.3 Å². The van der Waals surface area contributed by atoms with Gasteiger partial charge in [0, 0.05) is 22.1 Å². The lowest BCUT2D eigenvalue weighted by atomic mass is 9.88. The zero-order valence-electron chi connectivity index (χ0n) is 22.7. The molecule has 7 heteroatoms. The summed E-state index contributed by atoms with van der Waals surface area (Å²) in [5.74, 6) is -1.06. The minimum atomic E-state index is -1.67. The second-order valence-corrected chi connectivity index (χ2v) is 13.3. The van der Waals surface area contributed by atoms with E-state index in [0.29, 0.717) is 22.2 Å². The summed E-state index contributed by atoms with van der Waals surface area (Å²) >= 11 is 0. The maximum atomic E-state index is 13.6. The van der Waals surface area contributed by atoms with Gasteiger partial charge in [0.2, 0.25) is 0 Å². The summed E-state index contributed by atoms with van der Waals surface area (Å²) in [7, 11) is -1.67. The number of ether oxygens (including phenoxy) is 1. The molecule has 0 bridgehead atoms. The average molecular weight is 529 g/mol. The van der Waals surface area contributed by atoms with Crippen LogP contribution >= 0.6 is 0 Å². The molecule has 0 aliphatic carbocycles. The van der Waals surface area contributed by atoms with E-state index >= 15 is 0 Å². The van der Waals surface area contributed by atoms with Crippen molar-refractivity contribution in [2.24, 2.45) is 0 Å². The average Bonchev–Trinajstić information content (AvgIpc) is 3.20. The van der Waals surface area contributed by atoms with E-state index in [4.69, 9.17) is 9.16 Å². The van der Waals surface area contributed by atoms with Crippen molar-refractivity contribution in [2.45, 2.75) is 59.2 Å². The number of carbonyl (C=O) groups is 2. The number of aromatic carboxylic acids is 1. The fourth-order valence-corrected chi connectivity index (χ4v) is 6.62. The Bertz CT molecular complexity index is 1410. The molecule has 4 rings (SSSR count). The smallest absolute Gasteiger partial charge is 0.419 e.